The van der Waals surface area contributed by atoms with Crippen molar-refractivity contribution in [3.05, 3.63) is 0 Å². The van der Waals surface area contributed by atoms with Gasteiger partial charge in [0.05, 0.1) is 0 Å². The molecular formula is C23H45NO4. The third kappa shape index (κ3) is 18.1. The summed E-state index contributed by atoms with van der Waals surface area (Å²) >= 11 is 0. The summed E-state index contributed by atoms with van der Waals surface area (Å²) in [5.41, 5.74) is -0.509. The summed E-state index contributed by atoms with van der Waals surface area (Å²) in [6.45, 7) is 10.3. The molecule has 28 heavy (non-hydrogen) atoms. The van der Waals surface area contributed by atoms with Gasteiger partial charge in [-0.2, -0.15) is 0 Å². The SMILES string of the molecule is CCCCCCCC(CCCCCC)OC(=O)CCCNC(=O)OC(C)(C)C. The summed E-state index contributed by atoms with van der Waals surface area (Å²) < 4.78 is 10.9. The largest absolute Gasteiger partial charge is 0.462 e. The Morgan fingerprint density at radius 3 is 1.89 bits per heavy atom. The lowest BCUT2D eigenvalue weighted by Gasteiger charge is -2.20. The summed E-state index contributed by atoms with van der Waals surface area (Å²) in [6.07, 6.45) is 13.4. The lowest BCUT2D eigenvalue weighted by Crippen LogP contribution is -2.33. The van der Waals surface area contributed by atoms with E-state index >= 15 is 0 Å². The van der Waals surface area contributed by atoms with E-state index in [1.807, 2.05) is 20.8 Å². The van der Waals surface area contributed by atoms with Gasteiger partial charge in [0.1, 0.15) is 11.7 Å². The molecule has 166 valence electrons. The molecule has 0 rings (SSSR count). The highest BCUT2D eigenvalue weighted by molar-refractivity contribution is 5.70. The van der Waals surface area contributed by atoms with Gasteiger partial charge in [-0.1, -0.05) is 58.8 Å². The second-order valence-electron chi connectivity index (χ2n) is 8.70. The Hall–Kier alpha value is -1.26. The first kappa shape index (κ1) is 26.7. The number of ether oxygens (including phenoxy) is 2. The number of rotatable bonds is 16. The predicted octanol–water partition coefficient (Wildman–Crippen LogP) is 6.53. The lowest BCUT2D eigenvalue weighted by atomic mass is 10.0. The molecule has 0 aliphatic rings. The van der Waals surface area contributed by atoms with Crippen molar-refractivity contribution in [3.8, 4) is 0 Å². The number of carbonyl (C=O) groups is 2. The topological polar surface area (TPSA) is 64.6 Å². The number of alkyl carbamates (subject to hydrolysis) is 1. The molecule has 0 aromatic heterocycles. The van der Waals surface area contributed by atoms with Crippen LogP contribution in [0.4, 0.5) is 4.79 Å². The van der Waals surface area contributed by atoms with Gasteiger partial charge in [-0.05, 0) is 52.9 Å². The molecule has 0 aliphatic carbocycles. The van der Waals surface area contributed by atoms with Crippen LogP contribution in [0.1, 0.15) is 118 Å². The zero-order valence-corrected chi connectivity index (χ0v) is 19.1. The Labute approximate surface area is 173 Å². The minimum Gasteiger partial charge on any atom is -0.462 e. The van der Waals surface area contributed by atoms with Crippen LogP contribution in [0.3, 0.4) is 0 Å². The fraction of sp³-hybridized carbons (Fsp3) is 0.913. The molecule has 0 aromatic carbocycles. The third-order valence-electron chi connectivity index (χ3n) is 4.53. The van der Waals surface area contributed by atoms with E-state index in [0.717, 1.165) is 25.7 Å². The van der Waals surface area contributed by atoms with Crippen molar-refractivity contribution >= 4 is 12.1 Å². The molecule has 0 aliphatic heterocycles. The molecule has 0 heterocycles. The highest BCUT2D eigenvalue weighted by atomic mass is 16.6. The standard InChI is InChI=1S/C23H45NO4/c1-6-8-10-12-14-17-20(16-13-11-9-7-2)27-21(25)18-15-19-24-22(26)28-23(3,4)5/h20H,6-19H2,1-5H3,(H,24,26). The molecule has 5 nitrogen and oxygen atoms in total. The maximum absolute atomic E-state index is 12.2. The highest BCUT2D eigenvalue weighted by Crippen LogP contribution is 2.17. The van der Waals surface area contributed by atoms with Crippen molar-refractivity contribution in [2.75, 3.05) is 6.54 Å². The second kappa shape index (κ2) is 16.7. The van der Waals surface area contributed by atoms with Crippen LogP contribution < -0.4 is 5.32 Å². The molecule has 0 bridgehead atoms. The van der Waals surface area contributed by atoms with Gasteiger partial charge in [-0.3, -0.25) is 4.79 Å². The van der Waals surface area contributed by atoms with Gasteiger partial charge in [-0.15, -0.1) is 0 Å². The van der Waals surface area contributed by atoms with Gasteiger partial charge in [0.2, 0.25) is 0 Å². The fourth-order valence-corrected chi connectivity index (χ4v) is 3.02. The van der Waals surface area contributed by atoms with Crippen LogP contribution in [-0.2, 0) is 14.3 Å². The maximum atomic E-state index is 12.2. The average Bonchev–Trinajstić information content (AvgIpc) is 2.60. The van der Waals surface area contributed by atoms with Crippen LogP contribution in [0, 0.1) is 0 Å². The molecule has 0 saturated heterocycles. The smallest absolute Gasteiger partial charge is 0.407 e. The van der Waals surface area contributed by atoms with E-state index in [1.165, 1.54) is 44.9 Å². The second-order valence-corrected chi connectivity index (χ2v) is 8.70. The number of carbonyl (C=O) groups excluding carboxylic acids is 2. The highest BCUT2D eigenvalue weighted by Gasteiger charge is 2.16. The Bertz CT molecular complexity index is 404. The zero-order valence-electron chi connectivity index (χ0n) is 19.1. The van der Waals surface area contributed by atoms with Gasteiger partial charge in [-0.25, -0.2) is 4.79 Å². The first-order valence-corrected chi connectivity index (χ1v) is 11.4. The summed E-state index contributed by atoms with van der Waals surface area (Å²) in [6, 6.07) is 0. The van der Waals surface area contributed by atoms with Gasteiger partial charge < -0.3 is 14.8 Å². The zero-order chi connectivity index (χ0) is 21.3. The predicted molar refractivity (Wildman–Crippen MR) is 115 cm³/mol. The van der Waals surface area contributed by atoms with Crippen LogP contribution >= 0.6 is 0 Å². The van der Waals surface area contributed by atoms with E-state index in [-0.39, 0.29) is 12.1 Å². The van der Waals surface area contributed by atoms with E-state index in [2.05, 4.69) is 19.2 Å². The first-order valence-electron chi connectivity index (χ1n) is 11.4. The normalized spacial score (nSPS) is 12.5. The Kier molecular flexibility index (Phi) is 15.9. The summed E-state index contributed by atoms with van der Waals surface area (Å²) in [7, 11) is 0. The molecule has 1 unspecified atom stereocenters. The quantitative estimate of drug-likeness (QED) is 0.236. The molecule has 0 radical (unpaired) electrons. The number of esters is 1. The number of amides is 1. The summed E-state index contributed by atoms with van der Waals surface area (Å²) in [4.78, 5) is 23.8. The number of hydrogen-bond acceptors (Lipinski definition) is 4. The van der Waals surface area contributed by atoms with Crippen molar-refractivity contribution < 1.29 is 19.1 Å². The molecule has 0 saturated carbocycles. The van der Waals surface area contributed by atoms with Gasteiger partial charge in [0, 0.05) is 13.0 Å². The van der Waals surface area contributed by atoms with Crippen LogP contribution in [0.25, 0.3) is 0 Å². The number of nitrogens with one attached hydrogen (secondary N) is 1. The Morgan fingerprint density at radius 2 is 1.36 bits per heavy atom. The van der Waals surface area contributed by atoms with Crippen LogP contribution in [0.15, 0.2) is 0 Å². The Morgan fingerprint density at radius 1 is 0.821 bits per heavy atom. The molecule has 5 heteroatoms. The lowest BCUT2D eigenvalue weighted by molar-refractivity contribution is -0.150. The van der Waals surface area contributed by atoms with Crippen LogP contribution in [-0.4, -0.2) is 30.3 Å². The van der Waals surface area contributed by atoms with Crippen molar-refractivity contribution in [1.82, 2.24) is 5.32 Å². The molecule has 1 amide bonds. The van der Waals surface area contributed by atoms with Gasteiger partial charge in [0.15, 0.2) is 0 Å². The van der Waals surface area contributed by atoms with E-state index in [1.54, 1.807) is 0 Å². The maximum Gasteiger partial charge on any atom is 0.407 e. The van der Waals surface area contributed by atoms with Crippen molar-refractivity contribution in [2.24, 2.45) is 0 Å². The first-order chi connectivity index (χ1) is 13.3. The Balaban J connectivity index is 4.09. The van der Waals surface area contributed by atoms with Crippen molar-refractivity contribution in [3.63, 3.8) is 0 Å². The minimum absolute atomic E-state index is 0.0461. The average molecular weight is 400 g/mol. The van der Waals surface area contributed by atoms with Gasteiger partial charge in [0.25, 0.3) is 0 Å². The molecule has 1 N–H and O–H groups in total. The third-order valence-corrected chi connectivity index (χ3v) is 4.53. The van der Waals surface area contributed by atoms with E-state index in [4.69, 9.17) is 9.47 Å². The summed E-state index contributed by atoms with van der Waals surface area (Å²) in [5, 5.41) is 2.68. The molecule has 0 spiro atoms. The molecule has 1 atom stereocenters. The molecule has 0 aromatic rings. The van der Waals surface area contributed by atoms with Crippen molar-refractivity contribution in [1.29, 1.82) is 0 Å². The molecule has 0 fully saturated rings. The monoisotopic (exact) mass is 399 g/mol. The fourth-order valence-electron chi connectivity index (χ4n) is 3.02. The van der Waals surface area contributed by atoms with E-state index < -0.39 is 11.7 Å². The van der Waals surface area contributed by atoms with E-state index in [9.17, 15) is 9.59 Å². The molecular weight excluding hydrogens is 354 g/mol. The van der Waals surface area contributed by atoms with Gasteiger partial charge >= 0.3 is 12.1 Å². The minimum atomic E-state index is -0.509. The van der Waals surface area contributed by atoms with E-state index in [0.29, 0.717) is 19.4 Å². The van der Waals surface area contributed by atoms with Crippen LogP contribution in [0.2, 0.25) is 0 Å². The number of hydrogen-bond donors (Lipinski definition) is 1. The summed E-state index contributed by atoms with van der Waals surface area (Å²) in [5.74, 6) is -0.153. The van der Waals surface area contributed by atoms with Crippen molar-refractivity contribution in [2.45, 2.75) is 130 Å². The number of unbranched alkanes of at least 4 members (excludes halogenated alkanes) is 7. The van der Waals surface area contributed by atoms with Crippen LogP contribution in [0.5, 0.6) is 0 Å².